The Balaban J connectivity index is 2.24. The number of methoxy groups -OCH3 is 1. The maximum atomic E-state index is 12.8. The van der Waals surface area contributed by atoms with Gasteiger partial charge >= 0.3 is 5.97 Å². The Morgan fingerprint density at radius 3 is 2.04 bits per heavy atom. The first-order valence-corrected chi connectivity index (χ1v) is 8.20. The van der Waals surface area contributed by atoms with E-state index in [9.17, 15) is 9.59 Å². The molecule has 0 spiro atoms. The molecular weight excluding hydrogens is 300 g/mol. The fraction of sp³-hybridized carbons (Fsp3) is 0.333. The number of hydrogen-bond donors (Lipinski definition) is 0. The molecule has 0 bridgehead atoms. The van der Waals surface area contributed by atoms with E-state index in [4.69, 9.17) is 4.74 Å². The van der Waals surface area contributed by atoms with Crippen molar-refractivity contribution < 1.29 is 14.3 Å². The molecule has 0 aliphatic heterocycles. The number of benzene rings is 2. The average Bonchev–Trinajstić information content (AvgIpc) is 2.60. The summed E-state index contributed by atoms with van der Waals surface area (Å²) in [5, 5.41) is 0. The van der Waals surface area contributed by atoms with E-state index in [2.05, 4.69) is 13.8 Å². The van der Waals surface area contributed by atoms with Crippen molar-refractivity contribution in [3.05, 3.63) is 70.8 Å². The molecule has 1 unspecified atom stereocenters. The summed E-state index contributed by atoms with van der Waals surface area (Å²) in [6, 6.07) is 15.3. The van der Waals surface area contributed by atoms with E-state index in [0.29, 0.717) is 17.9 Å². The molecule has 0 aliphatic carbocycles. The van der Waals surface area contributed by atoms with Crippen molar-refractivity contribution in [2.45, 2.75) is 33.1 Å². The lowest BCUT2D eigenvalue weighted by atomic mass is 9.90. The molecule has 1 atom stereocenters. The molecular formula is C21H24O3. The lowest BCUT2D eigenvalue weighted by Gasteiger charge is -2.15. The predicted molar refractivity (Wildman–Crippen MR) is 95.3 cm³/mol. The van der Waals surface area contributed by atoms with Gasteiger partial charge in [-0.25, -0.2) is 0 Å². The van der Waals surface area contributed by atoms with Gasteiger partial charge in [0.2, 0.25) is 0 Å². The summed E-state index contributed by atoms with van der Waals surface area (Å²) in [5.41, 5.74) is 3.80. The van der Waals surface area contributed by atoms with Crippen molar-refractivity contribution in [3.8, 4) is 0 Å². The zero-order valence-corrected chi connectivity index (χ0v) is 14.7. The molecule has 0 heterocycles. The van der Waals surface area contributed by atoms with Crippen LogP contribution in [0.3, 0.4) is 0 Å². The number of carbonyl (C=O) groups excluding carboxylic acids is 2. The molecule has 0 radical (unpaired) electrons. The second-order valence-corrected chi connectivity index (χ2v) is 6.41. The molecule has 24 heavy (non-hydrogen) atoms. The standard InChI is InChI=1S/C21H24O3/c1-14(2)17-9-11-18(12-10-17)20(22)19(21(23)24-4)13-16-7-5-15(3)6-8-16/h5-12,14,19H,13H2,1-4H3. The molecule has 3 nitrogen and oxygen atoms in total. The minimum absolute atomic E-state index is 0.197. The fourth-order valence-electron chi connectivity index (χ4n) is 2.62. The van der Waals surface area contributed by atoms with Crippen LogP contribution in [0, 0.1) is 12.8 Å². The highest BCUT2D eigenvalue weighted by Crippen LogP contribution is 2.20. The van der Waals surface area contributed by atoms with E-state index in [-0.39, 0.29) is 5.78 Å². The highest BCUT2D eigenvalue weighted by Gasteiger charge is 2.28. The molecule has 0 aliphatic rings. The highest BCUT2D eigenvalue weighted by atomic mass is 16.5. The molecule has 0 N–H and O–H groups in total. The molecule has 3 heteroatoms. The molecule has 126 valence electrons. The predicted octanol–water partition coefficient (Wildman–Crippen LogP) is 4.33. The number of Topliss-reactive ketones (excluding diaryl/α,β-unsaturated/α-hetero) is 1. The van der Waals surface area contributed by atoms with Gasteiger partial charge in [0.05, 0.1) is 7.11 Å². The van der Waals surface area contributed by atoms with Crippen LogP contribution >= 0.6 is 0 Å². The molecule has 0 fully saturated rings. The Labute approximate surface area is 143 Å². The lowest BCUT2D eigenvalue weighted by molar-refractivity contribution is -0.143. The van der Waals surface area contributed by atoms with E-state index in [0.717, 1.165) is 11.1 Å². The van der Waals surface area contributed by atoms with Gasteiger partial charge in [-0.2, -0.15) is 0 Å². The summed E-state index contributed by atoms with van der Waals surface area (Å²) in [5.74, 6) is -1.10. The SMILES string of the molecule is COC(=O)C(Cc1ccc(C)cc1)C(=O)c1ccc(C(C)C)cc1. The molecule has 0 saturated heterocycles. The molecule has 2 aromatic carbocycles. The number of hydrogen-bond acceptors (Lipinski definition) is 3. The first kappa shape index (κ1) is 17.9. The van der Waals surface area contributed by atoms with Crippen molar-refractivity contribution in [2.75, 3.05) is 7.11 Å². The van der Waals surface area contributed by atoms with Gasteiger partial charge in [-0.3, -0.25) is 9.59 Å². The van der Waals surface area contributed by atoms with Gasteiger partial charge in [0.15, 0.2) is 5.78 Å². The topological polar surface area (TPSA) is 43.4 Å². The van der Waals surface area contributed by atoms with E-state index in [1.165, 1.54) is 12.7 Å². The third-order valence-electron chi connectivity index (χ3n) is 4.22. The average molecular weight is 324 g/mol. The van der Waals surface area contributed by atoms with Crippen LogP contribution in [0.15, 0.2) is 48.5 Å². The van der Waals surface area contributed by atoms with Crippen LogP contribution in [-0.2, 0) is 16.0 Å². The first-order valence-electron chi connectivity index (χ1n) is 8.20. The van der Waals surface area contributed by atoms with Crippen molar-refractivity contribution in [3.63, 3.8) is 0 Å². The summed E-state index contributed by atoms with van der Waals surface area (Å²) in [6.45, 7) is 6.21. The quantitative estimate of drug-likeness (QED) is 0.451. The second kappa shape index (κ2) is 7.91. The zero-order chi connectivity index (χ0) is 17.7. The minimum Gasteiger partial charge on any atom is -0.468 e. The molecule has 2 rings (SSSR count). The third kappa shape index (κ3) is 4.31. The normalized spacial score (nSPS) is 12.0. The lowest BCUT2D eigenvalue weighted by Crippen LogP contribution is -2.27. The molecule has 0 amide bonds. The summed E-state index contributed by atoms with van der Waals surface area (Å²) >= 11 is 0. The van der Waals surface area contributed by atoms with Crippen molar-refractivity contribution in [2.24, 2.45) is 5.92 Å². The van der Waals surface area contributed by atoms with Crippen LogP contribution in [-0.4, -0.2) is 18.9 Å². The van der Waals surface area contributed by atoms with Gasteiger partial charge in [0.25, 0.3) is 0 Å². The minimum atomic E-state index is -0.817. The molecule has 2 aromatic rings. The number of ether oxygens (including phenoxy) is 1. The molecule has 0 saturated carbocycles. The van der Waals surface area contributed by atoms with Gasteiger partial charge in [-0.15, -0.1) is 0 Å². The second-order valence-electron chi connectivity index (χ2n) is 6.41. The van der Waals surface area contributed by atoms with Crippen LogP contribution in [0.25, 0.3) is 0 Å². The fourth-order valence-corrected chi connectivity index (χ4v) is 2.62. The third-order valence-corrected chi connectivity index (χ3v) is 4.22. The van der Waals surface area contributed by atoms with Crippen LogP contribution in [0.1, 0.15) is 46.8 Å². The van der Waals surface area contributed by atoms with Crippen LogP contribution in [0.5, 0.6) is 0 Å². The number of carbonyl (C=O) groups is 2. The van der Waals surface area contributed by atoms with Gasteiger partial charge in [0.1, 0.15) is 5.92 Å². The monoisotopic (exact) mass is 324 g/mol. The Hall–Kier alpha value is -2.42. The van der Waals surface area contributed by atoms with E-state index < -0.39 is 11.9 Å². The Morgan fingerprint density at radius 2 is 1.54 bits per heavy atom. The summed E-state index contributed by atoms with van der Waals surface area (Å²) in [7, 11) is 1.32. The number of ketones is 1. The number of aryl methyl sites for hydroxylation is 1. The van der Waals surface area contributed by atoms with Crippen molar-refractivity contribution >= 4 is 11.8 Å². The van der Waals surface area contributed by atoms with E-state index in [1.807, 2.05) is 43.3 Å². The van der Waals surface area contributed by atoms with Crippen LogP contribution in [0.4, 0.5) is 0 Å². The van der Waals surface area contributed by atoms with Crippen molar-refractivity contribution in [1.29, 1.82) is 0 Å². The van der Waals surface area contributed by atoms with Crippen molar-refractivity contribution in [1.82, 2.24) is 0 Å². The maximum absolute atomic E-state index is 12.8. The van der Waals surface area contributed by atoms with E-state index >= 15 is 0 Å². The van der Waals surface area contributed by atoms with Gasteiger partial charge < -0.3 is 4.74 Å². The number of esters is 1. The van der Waals surface area contributed by atoms with Crippen LogP contribution < -0.4 is 0 Å². The maximum Gasteiger partial charge on any atom is 0.316 e. The Bertz CT molecular complexity index is 697. The summed E-state index contributed by atoms with van der Waals surface area (Å²) in [6.07, 6.45) is 0.345. The summed E-state index contributed by atoms with van der Waals surface area (Å²) < 4.78 is 4.85. The number of rotatable bonds is 6. The first-order chi connectivity index (χ1) is 11.4. The van der Waals surface area contributed by atoms with Gasteiger partial charge in [-0.05, 0) is 30.4 Å². The highest BCUT2D eigenvalue weighted by molar-refractivity contribution is 6.08. The largest absolute Gasteiger partial charge is 0.468 e. The summed E-state index contributed by atoms with van der Waals surface area (Å²) in [4.78, 5) is 24.9. The van der Waals surface area contributed by atoms with Crippen LogP contribution in [0.2, 0.25) is 0 Å². The van der Waals surface area contributed by atoms with Gasteiger partial charge in [0, 0.05) is 5.56 Å². The van der Waals surface area contributed by atoms with E-state index in [1.54, 1.807) is 12.1 Å². The Kier molecular flexibility index (Phi) is 5.91. The zero-order valence-electron chi connectivity index (χ0n) is 14.7. The Morgan fingerprint density at radius 1 is 0.958 bits per heavy atom. The smallest absolute Gasteiger partial charge is 0.316 e. The molecule has 0 aromatic heterocycles. The van der Waals surface area contributed by atoms with Gasteiger partial charge in [-0.1, -0.05) is 67.9 Å².